The van der Waals surface area contributed by atoms with Crippen LogP contribution in [-0.4, -0.2) is 46.9 Å². The van der Waals surface area contributed by atoms with Crippen LogP contribution < -0.4 is 5.32 Å². The SMILES string of the molecule is CNc1ncc(/C=C/C(=O)O)cc1CN1CCC[C@@H]1C=O. The van der Waals surface area contributed by atoms with Crippen molar-refractivity contribution in [3.8, 4) is 0 Å². The summed E-state index contributed by atoms with van der Waals surface area (Å²) in [6.45, 7) is 1.52. The van der Waals surface area contributed by atoms with Gasteiger partial charge in [-0.15, -0.1) is 0 Å². The van der Waals surface area contributed by atoms with Gasteiger partial charge in [-0.05, 0) is 37.1 Å². The molecule has 1 aliphatic rings. The van der Waals surface area contributed by atoms with Crippen LogP contribution >= 0.6 is 0 Å². The van der Waals surface area contributed by atoms with Gasteiger partial charge in [0.25, 0.3) is 0 Å². The van der Waals surface area contributed by atoms with Gasteiger partial charge in [-0.2, -0.15) is 0 Å². The molecule has 1 atom stereocenters. The fourth-order valence-electron chi connectivity index (χ4n) is 2.55. The number of nitrogens with one attached hydrogen (secondary N) is 1. The molecule has 2 rings (SSSR count). The van der Waals surface area contributed by atoms with E-state index in [1.807, 2.05) is 6.07 Å². The summed E-state index contributed by atoms with van der Waals surface area (Å²) >= 11 is 0. The third-order valence-corrected chi connectivity index (χ3v) is 3.59. The van der Waals surface area contributed by atoms with E-state index >= 15 is 0 Å². The maximum Gasteiger partial charge on any atom is 0.328 e. The number of likely N-dealkylation sites (tertiary alicyclic amines) is 1. The van der Waals surface area contributed by atoms with Crippen molar-refractivity contribution in [2.45, 2.75) is 25.4 Å². The van der Waals surface area contributed by atoms with E-state index in [1.165, 1.54) is 6.08 Å². The van der Waals surface area contributed by atoms with E-state index in [1.54, 1.807) is 13.2 Å². The first-order valence-electron chi connectivity index (χ1n) is 6.91. The van der Waals surface area contributed by atoms with E-state index in [4.69, 9.17) is 5.11 Å². The molecule has 1 fully saturated rings. The number of nitrogens with zero attached hydrogens (tertiary/aromatic N) is 2. The Bertz CT molecular complexity index is 557. The zero-order chi connectivity index (χ0) is 15.2. The van der Waals surface area contributed by atoms with Crippen LogP contribution in [0.5, 0.6) is 0 Å². The minimum atomic E-state index is -0.991. The Morgan fingerprint density at radius 2 is 2.43 bits per heavy atom. The van der Waals surface area contributed by atoms with Crippen LogP contribution in [0.4, 0.5) is 5.82 Å². The number of hydrogen-bond acceptors (Lipinski definition) is 5. The molecule has 0 spiro atoms. The molecule has 6 heteroatoms. The summed E-state index contributed by atoms with van der Waals surface area (Å²) in [5, 5.41) is 11.7. The highest BCUT2D eigenvalue weighted by Gasteiger charge is 2.24. The lowest BCUT2D eigenvalue weighted by atomic mass is 10.1. The number of aldehydes is 1. The molecule has 6 nitrogen and oxygen atoms in total. The fraction of sp³-hybridized carbons (Fsp3) is 0.400. The van der Waals surface area contributed by atoms with E-state index in [-0.39, 0.29) is 6.04 Å². The summed E-state index contributed by atoms with van der Waals surface area (Å²) in [4.78, 5) is 28.1. The van der Waals surface area contributed by atoms with E-state index in [2.05, 4.69) is 15.2 Å². The number of carboxylic acids is 1. The number of rotatable bonds is 6. The predicted molar refractivity (Wildman–Crippen MR) is 79.9 cm³/mol. The summed E-state index contributed by atoms with van der Waals surface area (Å²) in [5.41, 5.74) is 1.69. The molecule has 21 heavy (non-hydrogen) atoms. The van der Waals surface area contributed by atoms with Crippen molar-refractivity contribution in [3.63, 3.8) is 0 Å². The van der Waals surface area contributed by atoms with Crippen molar-refractivity contribution >= 4 is 24.1 Å². The molecule has 1 saturated heterocycles. The standard InChI is InChI=1S/C15H19N3O3/c1-16-15-12(9-18-6-2-3-13(18)10-19)7-11(8-17-15)4-5-14(20)21/h4-5,7-8,10,13H,2-3,6,9H2,1H3,(H,16,17)(H,20,21)/b5-4+/t13-/m1/s1. The number of carboxylic acid groups (broad SMARTS) is 1. The molecule has 1 aromatic heterocycles. The number of aliphatic carboxylic acids is 1. The van der Waals surface area contributed by atoms with Crippen LogP contribution in [0.25, 0.3) is 6.08 Å². The quantitative estimate of drug-likeness (QED) is 0.608. The molecular weight excluding hydrogens is 270 g/mol. The first-order valence-corrected chi connectivity index (χ1v) is 6.91. The minimum absolute atomic E-state index is 0.0343. The van der Waals surface area contributed by atoms with Gasteiger partial charge in [0.15, 0.2) is 0 Å². The molecule has 1 aromatic rings. The van der Waals surface area contributed by atoms with Gasteiger partial charge in [-0.25, -0.2) is 9.78 Å². The zero-order valence-corrected chi connectivity index (χ0v) is 12.0. The Hall–Kier alpha value is -2.21. The van der Waals surface area contributed by atoms with Gasteiger partial charge in [0.1, 0.15) is 12.1 Å². The number of carbonyl (C=O) groups excluding carboxylic acids is 1. The first-order chi connectivity index (χ1) is 10.1. The number of hydrogen-bond donors (Lipinski definition) is 2. The minimum Gasteiger partial charge on any atom is -0.478 e. The van der Waals surface area contributed by atoms with Crippen LogP contribution in [0.1, 0.15) is 24.0 Å². The van der Waals surface area contributed by atoms with Gasteiger partial charge in [0, 0.05) is 31.4 Å². The van der Waals surface area contributed by atoms with Crippen LogP contribution in [0, 0.1) is 0 Å². The lowest BCUT2D eigenvalue weighted by molar-refractivity contribution is -0.131. The van der Waals surface area contributed by atoms with Crippen LogP contribution in [0.3, 0.4) is 0 Å². The van der Waals surface area contributed by atoms with Gasteiger partial charge >= 0.3 is 5.97 Å². The highest BCUT2D eigenvalue weighted by Crippen LogP contribution is 2.22. The molecule has 0 aromatic carbocycles. The summed E-state index contributed by atoms with van der Waals surface area (Å²) in [5.74, 6) is -0.242. The van der Waals surface area contributed by atoms with E-state index in [0.717, 1.165) is 48.7 Å². The van der Waals surface area contributed by atoms with E-state index in [9.17, 15) is 9.59 Å². The summed E-state index contributed by atoms with van der Waals surface area (Å²) < 4.78 is 0. The number of aromatic nitrogens is 1. The molecule has 1 aliphatic heterocycles. The monoisotopic (exact) mass is 289 g/mol. The van der Waals surface area contributed by atoms with Crippen molar-refractivity contribution in [1.82, 2.24) is 9.88 Å². The Labute approximate surface area is 123 Å². The topological polar surface area (TPSA) is 82.5 Å². The van der Waals surface area contributed by atoms with Gasteiger partial charge in [-0.3, -0.25) is 4.90 Å². The largest absolute Gasteiger partial charge is 0.478 e. The summed E-state index contributed by atoms with van der Waals surface area (Å²) in [6.07, 6.45) is 7.13. The average Bonchev–Trinajstić information content (AvgIpc) is 2.92. The average molecular weight is 289 g/mol. The van der Waals surface area contributed by atoms with Gasteiger partial charge in [0.2, 0.25) is 0 Å². The van der Waals surface area contributed by atoms with Crippen LogP contribution in [0.15, 0.2) is 18.3 Å². The van der Waals surface area contributed by atoms with E-state index < -0.39 is 5.97 Å². The van der Waals surface area contributed by atoms with Crippen molar-refractivity contribution in [2.24, 2.45) is 0 Å². The molecule has 0 unspecified atom stereocenters. The molecule has 0 bridgehead atoms. The molecular formula is C15H19N3O3. The maximum absolute atomic E-state index is 11.1. The molecule has 0 radical (unpaired) electrons. The molecule has 2 heterocycles. The zero-order valence-electron chi connectivity index (χ0n) is 12.0. The van der Waals surface area contributed by atoms with E-state index in [0.29, 0.717) is 6.54 Å². The lowest BCUT2D eigenvalue weighted by Gasteiger charge is -2.21. The second-order valence-corrected chi connectivity index (χ2v) is 5.01. The maximum atomic E-state index is 11.1. The van der Waals surface area contributed by atoms with Crippen LogP contribution in [-0.2, 0) is 16.1 Å². The van der Waals surface area contributed by atoms with Crippen molar-refractivity contribution in [1.29, 1.82) is 0 Å². The molecule has 112 valence electrons. The second kappa shape index (κ2) is 6.99. The summed E-state index contributed by atoms with van der Waals surface area (Å²) in [6, 6.07) is 1.87. The third-order valence-electron chi connectivity index (χ3n) is 3.59. The number of carbonyl (C=O) groups is 2. The number of pyridine rings is 1. The Morgan fingerprint density at radius 3 is 3.10 bits per heavy atom. The molecule has 0 amide bonds. The smallest absolute Gasteiger partial charge is 0.328 e. The Kier molecular flexibility index (Phi) is 5.05. The van der Waals surface area contributed by atoms with Crippen molar-refractivity contribution in [2.75, 3.05) is 18.9 Å². The Balaban J connectivity index is 2.21. The number of anilines is 1. The predicted octanol–water partition coefficient (Wildman–Crippen LogP) is 1.38. The molecule has 0 aliphatic carbocycles. The van der Waals surface area contributed by atoms with Gasteiger partial charge in [0.05, 0.1) is 6.04 Å². The molecule has 0 saturated carbocycles. The highest BCUT2D eigenvalue weighted by atomic mass is 16.4. The Morgan fingerprint density at radius 1 is 1.62 bits per heavy atom. The second-order valence-electron chi connectivity index (χ2n) is 5.01. The first kappa shape index (κ1) is 15.2. The fourth-order valence-corrected chi connectivity index (χ4v) is 2.55. The van der Waals surface area contributed by atoms with Gasteiger partial charge in [-0.1, -0.05) is 0 Å². The lowest BCUT2D eigenvalue weighted by Crippen LogP contribution is -2.30. The van der Waals surface area contributed by atoms with Crippen molar-refractivity contribution < 1.29 is 14.7 Å². The summed E-state index contributed by atoms with van der Waals surface area (Å²) in [7, 11) is 1.79. The van der Waals surface area contributed by atoms with Crippen molar-refractivity contribution in [3.05, 3.63) is 29.5 Å². The normalized spacial score (nSPS) is 19.0. The molecule has 2 N–H and O–H groups in total. The van der Waals surface area contributed by atoms with Crippen LogP contribution in [0.2, 0.25) is 0 Å². The third kappa shape index (κ3) is 3.88. The van der Waals surface area contributed by atoms with Gasteiger partial charge < -0.3 is 15.2 Å². The highest BCUT2D eigenvalue weighted by molar-refractivity contribution is 5.85.